The van der Waals surface area contributed by atoms with E-state index in [0.717, 1.165) is 0 Å². The van der Waals surface area contributed by atoms with E-state index in [-0.39, 0.29) is 23.8 Å². The number of anilines is 1. The van der Waals surface area contributed by atoms with Crippen LogP contribution < -0.4 is 10.6 Å². The molecule has 8 nitrogen and oxygen atoms in total. The molecule has 8 heteroatoms. The summed E-state index contributed by atoms with van der Waals surface area (Å²) in [5.41, 5.74) is 0.604. The molecule has 0 bridgehead atoms. The molecule has 2 amide bonds. The van der Waals surface area contributed by atoms with Gasteiger partial charge in [0.1, 0.15) is 0 Å². The van der Waals surface area contributed by atoms with Gasteiger partial charge in [-0.1, -0.05) is 36.4 Å². The average molecular weight is 371 g/mol. The first-order valence-electron chi connectivity index (χ1n) is 8.42. The number of nitro benzene ring substituents is 1. The third-order valence-electron chi connectivity index (χ3n) is 3.58. The number of ether oxygens (including phenoxy) is 1. The number of nitrogens with zero attached hydrogens (tertiary/aromatic N) is 1. The molecule has 0 saturated heterocycles. The quantitative estimate of drug-likeness (QED) is 0.437. The summed E-state index contributed by atoms with van der Waals surface area (Å²) in [6.45, 7) is 3.40. The number of rotatable bonds is 7. The van der Waals surface area contributed by atoms with E-state index in [0.29, 0.717) is 5.69 Å². The average Bonchev–Trinajstić information content (AvgIpc) is 2.61. The van der Waals surface area contributed by atoms with Crippen LogP contribution in [0.4, 0.5) is 16.2 Å². The first-order chi connectivity index (χ1) is 12.9. The number of amides is 2. The highest BCUT2D eigenvalue weighted by Crippen LogP contribution is 2.27. The van der Waals surface area contributed by atoms with Crippen LogP contribution >= 0.6 is 0 Å². The molecular weight excluding hydrogens is 350 g/mol. The predicted molar refractivity (Wildman–Crippen MR) is 100 cm³/mol. The van der Waals surface area contributed by atoms with E-state index < -0.39 is 23.0 Å². The SMILES string of the molecule is CC(C)OC(=O)C[C@@H](NC(=O)Nc1ccccc1)c1ccccc1[N+](=O)[O-]. The molecular formula is C19H21N3O5. The maximum Gasteiger partial charge on any atom is 0.319 e. The lowest BCUT2D eigenvalue weighted by atomic mass is 10.0. The fourth-order valence-corrected chi connectivity index (χ4v) is 2.51. The van der Waals surface area contributed by atoms with Gasteiger partial charge in [0, 0.05) is 11.8 Å². The molecule has 0 heterocycles. The van der Waals surface area contributed by atoms with E-state index in [1.807, 2.05) is 0 Å². The molecule has 0 fully saturated rings. The second-order valence-corrected chi connectivity index (χ2v) is 6.08. The number of urea groups is 1. The fraction of sp³-hybridized carbons (Fsp3) is 0.263. The maximum absolute atomic E-state index is 12.3. The van der Waals surface area contributed by atoms with Crippen molar-refractivity contribution in [2.75, 3.05) is 5.32 Å². The highest BCUT2D eigenvalue weighted by atomic mass is 16.6. The number of nitro groups is 1. The summed E-state index contributed by atoms with van der Waals surface area (Å²) >= 11 is 0. The van der Waals surface area contributed by atoms with Gasteiger partial charge >= 0.3 is 12.0 Å². The molecule has 142 valence electrons. The van der Waals surface area contributed by atoms with Gasteiger partial charge in [-0.25, -0.2) is 4.79 Å². The van der Waals surface area contributed by atoms with Crippen LogP contribution in [0.25, 0.3) is 0 Å². The Morgan fingerprint density at radius 3 is 2.33 bits per heavy atom. The molecule has 0 spiro atoms. The number of para-hydroxylation sites is 2. The molecule has 1 atom stereocenters. The highest BCUT2D eigenvalue weighted by molar-refractivity contribution is 5.90. The molecule has 0 aliphatic rings. The minimum Gasteiger partial charge on any atom is -0.463 e. The Bertz CT molecular complexity index is 808. The van der Waals surface area contributed by atoms with Gasteiger partial charge in [0.15, 0.2) is 0 Å². The summed E-state index contributed by atoms with van der Waals surface area (Å²) < 4.78 is 5.12. The Hall–Kier alpha value is -3.42. The van der Waals surface area contributed by atoms with Crippen molar-refractivity contribution in [1.29, 1.82) is 0 Å². The van der Waals surface area contributed by atoms with Crippen LogP contribution in [0, 0.1) is 10.1 Å². The standard InChI is InChI=1S/C19H21N3O5/c1-13(2)27-18(23)12-16(15-10-6-7-11-17(15)22(25)26)21-19(24)20-14-8-4-3-5-9-14/h3-11,13,16H,12H2,1-2H3,(H2,20,21,24)/t16-/m1/s1. The Morgan fingerprint density at radius 1 is 1.07 bits per heavy atom. The summed E-state index contributed by atoms with van der Waals surface area (Å²) in [5.74, 6) is -0.562. The van der Waals surface area contributed by atoms with Gasteiger partial charge in [-0.15, -0.1) is 0 Å². The van der Waals surface area contributed by atoms with Crippen molar-refractivity contribution in [2.24, 2.45) is 0 Å². The molecule has 2 N–H and O–H groups in total. The van der Waals surface area contributed by atoms with Gasteiger partial charge in [-0.2, -0.15) is 0 Å². The number of hydrogen-bond acceptors (Lipinski definition) is 5. The minimum absolute atomic E-state index is 0.181. The maximum atomic E-state index is 12.3. The zero-order valence-electron chi connectivity index (χ0n) is 15.0. The number of hydrogen-bond donors (Lipinski definition) is 2. The van der Waals surface area contributed by atoms with E-state index in [1.165, 1.54) is 18.2 Å². The predicted octanol–water partition coefficient (Wildman–Crippen LogP) is 3.80. The number of carbonyl (C=O) groups excluding carboxylic acids is 2. The smallest absolute Gasteiger partial charge is 0.319 e. The molecule has 27 heavy (non-hydrogen) atoms. The summed E-state index contributed by atoms with van der Waals surface area (Å²) in [7, 11) is 0. The van der Waals surface area contributed by atoms with Gasteiger partial charge in [-0.3, -0.25) is 14.9 Å². The fourth-order valence-electron chi connectivity index (χ4n) is 2.51. The summed E-state index contributed by atoms with van der Waals surface area (Å²) in [6.07, 6.45) is -0.562. The lowest BCUT2D eigenvalue weighted by Crippen LogP contribution is -2.34. The van der Waals surface area contributed by atoms with E-state index in [1.54, 1.807) is 50.2 Å². The number of benzene rings is 2. The van der Waals surface area contributed by atoms with Gasteiger partial charge in [0.25, 0.3) is 5.69 Å². The lowest BCUT2D eigenvalue weighted by Gasteiger charge is -2.19. The second kappa shape index (κ2) is 9.33. The van der Waals surface area contributed by atoms with Crippen LogP contribution in [-0.2, 0) is 9.53 Å². The molecule has 2 aromatic carbocycles. The number of esters is 1. The van der Waals surface area contributed by atoms with Gasteiger partial charge < -0.3 is 15.4 Å². The largest absolute Gasteiger partial charge is 0.463 e. The van der Waals surface area contributed by atoms with Crippen LogP contribution in [0.2, 0.25) is 0 Å². The van der Waals surface area contributed by atoms with Gasteiger partial charge in [0.05, 0.1) is 29.1 Å². The van der Waals surface area contributed by atoms with Crippen LogP contribution in [0.15, 0.2) is 54.6 Å². The number of nitrogens with one attached hydrogen (secondary N) is 2. The first-order valence-corrected chi connectivity index (χ1v) is 8.42. The zero-order chi connectivity index (χ0) is 19.8. The van der Waals surface area contributed by atoms with E-state index in [9.17, 15) is 19.7 Å². The zero-order valence-corrected chi connectivity index (χ0v) is 15.0. The van der Waals surface area contributed by atoms with Crippen LogP contribution in [0.5, 0.6) is 0 Å². The summed E-state index contributed by atoms with van der Waals surface area (Å²) in [4.78, 5) is 35.2. The molecule has 0 aromatic heterocycles. The molecule has 0 saturated carbocycles. The van der Waals surface area contributed by atoms with Crippen molar-refractivity contribution in [3.63, 3.8) is 0 Å². The highest BCUT2D eigenvalue weighted by Gasteiger charge is 2.26. The Kier molecular flexibility index (Phi) is 6.87. The van der Waals surface area contributed by atoms with Crippen molar-refractivity contribution in [3.05, 3.63) is 70.3 Å². The molecule has 0 aliphatic carbocycles. The summed E-state index contributed by atoms with van der Waals surface area (Å²) in [5, 5.41) is 16.6. The monoisotopic (exact) mass is 371 g/mol. The van der Waals surface area contributed by atoms with Crippen molar-refractivity contribution in [2.45, 2.75) is 32.4 Å². The number of carbonyl (C=O) groups is 2. The van der Waals surface area contributed by atoms with Crippen LogP contribution in [0.1, 0.15) is 31.9 Å². The van der Waals surface area contributed by atoms with E-state index >= 15 is 0 Å². The first kappa shape index (κ1) is 19.9. The van der Waals surface area contributed by atoms with Gasteiger partial charge in [0.2, 0.25) is 0 Å². The second-order valence-electron chi connectivity index (χ2n) is 6.08. The molecule has 0 radical (unpaired) electrons. The lowest BCUT2D eigenvalue weighted by molar-refractivity contribution is -0.385. The van der Waals surface area contributed by atoms with Crippen LogP contribution in [-0.4, -0.2) is 23.0 Å². The topological polar surface area (TPSA) is 111 Å². The molecule has 0 aliphatic heterocycles. The van der Waals surface area contributed by atoms with E-state index in [2.05, 4.69) is 10.6 Å². The minimum atomic E-state index is -0.915. The van der Waals surface area contributed by atoms with Gasteiger partial charge in [-0.05, 0) is 26.0 Å². The Morgan fingerprint density at radius 2 is 1.70 bits per heavy atom. The van der Waals surface area contributed by atoms with Crippen molar-refractivity contribution < 1.29 is 19.2 Å². The van der Waals surface area contributed by atoms with Crippen molar-refractivity contribution in [3.8, 4) is 0 Å². The Balaban J connectivity index is 2.23. The normalized spacial score (nSPS) is 11.5. The Labute approximate surface area is 156 Å². The van der Waals surface area contributed by atoms with Crippen molar-refractivity contribution >= 4 is 23.4 Å². The molecule has 0 unspecified atom stereocenters. The van der Waals surface area contributed by atoms with Crippen LogP contribution in [0.3, 0.4) is 0 Å². The molecule has 2 aromatic rings. The van der Waals surface area contributed by atoms with E-state index in [4.69, 9.17) is 4.74 Å². The summed E-state index contributed by atoms with van der Waals surface area (Å²) in [6, 6.07) is 13.2. The van der Waals surface area contributed by atoms with Crippen molar-refractivity contribution in [1.82, 2.24) is 5.32 Å². The third kappa shape index (κ3) is 6.10. The third-order valence-corrected chi connectivity index (χ3v) is 3.58. The molecule has 2 rings (SSSR count).